The molecular weight excluding hydrogens is 424 g/mol. The Kier molecular flexibility index (Phi) is 6.07. The Bertz CT molecular complexity index is 1380. The average Bonchev–Trinajstić information content (AvgIpc) is 3.40. The molecule has 0 aliphatic rings. The second-order valence-electron chi connectivity index (χ2n) is 8.06. The fourth-order valence-corrected chi connectivity index (χ4v) is 4.02. The van der Waals surface area contributed by atoms with Gasteiger partial charge in [0.15, 0.2) is 0 Å². The first-order valence-electron chi connectivity index (χ1n) is 11.2. The van der Waals surface area contributed by atoms with Crippen molar-refractivity contribution >= 4 is 22.4 Å². The van der Waals surface area contributed by atoms with Crippen LogP contribution in [0, 0.1) is 0 Å². The van der Waals surface area contributed by atoms with Crippen LogP contribution in [-0.4, -0.2) is 33.2 Å². The SMILES string of the molecule is COc1ccc(-c2ccc3ncc(-c4ccc(N)nc4)c(NCCCn4ccnc4)c3c2)cc1. The van der Waals surface area contributed by atoms with E-state index in [-0.39, 0.29) is 0 Å². The van der Waals surface area contributed by atoms with E-state index in [0.29, 0.717) is 5.82 Å². The summed E-state index contributed by atoms with van der Waals surface area (Å²) in [5.41, 5.74) is 12.0. The Morgan fingerprint density at radius 3 is 2.50 bits per heavy atom. The summed E-state index contributed by atoms with van der Waals surface area (Å²) >= 11 is 0. The van der Waals surface area contributed by atoms with Crippen molar-refractivity contribution in [2.24, 2.45) is 0 Å². The smallest absolute Gasteiger partial charge is 0.123 e. The van der Waals surface area contributed by atoms with Gasteiger partial charge in [-0.05, 0) is 53.9 Å². The van der Waals surface area contributed by atoms with Crippen molar-refractivity contribution in [1.29, 1.82) is 0 Å². The highest BCUT2D eigenvalue weighted by Crippen LogP contribution is 2.36. The molecule has 5 aromatic rings. The first kappa shape index (κ1) is 21.5. The third kappa shape index (κ3) is 4.54. The van der Waals surface area contributed by atoms with Gasteiger partial charge in [0.1, 0.15) is 11.6 Å². The predicted octanol–water partition coefficient (Wildman–Crippen LogP) is 5.25. The van der Waals surface area contributed by atoms with Gasteiger partial charge in [-0.1, -0.05) is 18.2 Å². The summed E-state index contributed by atoms with van der Waals surface area (Å²) in [5, 5.41) is 4.74. The van der Waals surface area contributed by atoms with Crippen LogP contribution in [0.3, 0.4) is 0 Å². The van der Waals surface area contributed by atoms with Crippen molar-refractivity contribution in [1.82, 2.24) is 19.5 Å². The van der Waals surface area contributed by atoms with Gasteiger partial charge in [0, 0.05) is 54.4 Å². The molecule has 0 unspecified atom stereocenters. The maximum atomic E-state index is 5.82. The number of fused-ring (bicyclic) bond motifs is 1. The third-order valence-corrected chi connectivity index (χ3v) is 5.84. The second kappa shape index (κ2) is 9.62. The number of nitrogens with one attached hydrogen (secondary N) is 1. The molecule has 170 valence electrons. The zero-order valence-corrected chi connectivity index (χ0v) is 19.0. The van der Waals surface area contributed by atoms with Gasteiger partial charge >= 0.3 is 0 Å². The largest absolute Gasteiger partial charge is 0.497 e. The lowest BCUT2D eigenvalue weighted by Gasteiger charge is -2.16. The maximum Gasteiger partial charge on any atom is 0.123 e. The lowest BCUT2D eigenvalue weighted by molar-refractivity contribution is 0.415. The molecule has 0 spiro atoms. The lowest BCUT2D eigenvalue weighted by Crippen LogP contribution is -2.07. The highest BCUT2D eigenvalue weighted by molar-refractivity contribution is 6.01. The van der Waals surface area contributed by atoms with Crippen LogP contribution in [0.25, 0.3) is 33.2 Å². The molecular formula is C27H26N6O. The summed E-state index contributed by atoms with van der Waals surface area (Å²) in [7, 11) is 1.68. The van der Waals surface area contributed by atoms with E-state index in [4.69, 9.17) is 15.5 Å². The number of benzene rings is 2. The average molecular weight is 451 g/mol. The fraction of sp³-hybridized carbons (Fsp3) is 0.148. The number of aryl methyl sites for hydroxylation is 1. The molecule has 0 atom stereocenters. The van der Waals surface area contributed by atoms with Crippen LogP contribution in [0.1, 0.15) is 6.42 Å². The van der Waals surface area contributed by atoms with Crippen LogP contribution >= 0.6 is 0 Å². The minimum absolute atomic E-state index is 0.495. The number of methoxy groups -OCH3 is 1. The first-order chi connectivity index (χ1) is 16.7. The number of ether oxygens (including phenoxy) is 1. The topological polar surface area (TPSA) is 90.9 Å². The molecule has 0 aliphatic carbocycles. The zero-order chi connectivity index (χ0) is 23.3. The van der Waals surface area contributed by atoms with Gasteiger partial charge < -0.3 is 20.4 Å². The Morgan fingerprint density at radius 2 is 1.76 bits per heavy atom. The van der Waals surface area contributed by atoms with E-state index in [1.807, 2.05) is 43.0 Å². The van der Waals surface area contributed by atoms with E-state index in [1.54, 1.807) is 19.5 Å². The van der Waals surface area contributed by atoms with Gasteiger partial charge in [-0.25, -0.2) is 9.97 Å². The molecule has 0 amide bonds. The highest BCUT2D eigenvalue weighted by Gasteiger charge is 2.13. The summed E-state index contributed by atoms with van der Waals surface area (Å²) in [6.45, 7) is 1.70. The van der Waals surface area contributed by atoms with Crippen molar-refractivity contribution in [3.63, 3.8) is 0 Å². The third-order valence-electron chi connectivity index (χ3n) is 5.84. The van der Waals surface area contributed by atoms with Gasteiger partial charge in [0.2, 0.25) is 0 Å². The van der Waals surface area contributed by atoms with Crippen LogP contribution in [0.5, 0.6) is 5.75 Å². The number of rotatable bonds is 8. The van der Waals surface area contributed by atoms with Gasteiger partial charge in [-0.3, -0.25) is 4.98 Å². The van der Waals surface area contributed by atoms with Crippen LogP contribution in [-0.2, 0) is 6.54 Å². The zero-order valence-electron chi connectivity index (χ0n) is 19.0. The number of nitrogens with zero attached hydrogens (tertiary/aromatic N) is 4. The molecule has 7 heteroatoms. The van der Waals surface area contributed by atoms with E-state index < -0.39 is 0 Å². The Hall–Kier alpha value is -4.39. The van der Waals surface area contributed by atoms with E-state index in [0.717, 1.165) is 64.1 Å². The van der Waals surface area contributed by atoms with Gasteiger partial charge in [-0.2, -0.15) is 0 Å². The van der Waals surface area contributed by atoms with Crippen LogP contribution in [0.15, 0.2) is 85.7 Å². The minimum Gasteiger partial charge on any atom is -0.497 e. The van der Waals surface area contributed by atoms with Crippen molar-refractivity contribution in [3.8, 4) is 28.0 Å². The molecule has 0 bridgehead atoms. The molecule has 0 radical (unpaired) electrons. The molecule has 5 rings (SSSR count). The molecule has 34 heavy (non-hydrogen) atoms. The summed E-state index contributed by atoms with van der Waals surface area (Å²) in [5.74, 6) is 1.33. The van der Waals surface area contributed by atoms with Gasteiger partial charge in [0.05, 0.1) is 24.6 Å². The first-order valence-corrected chi connectivity index (χ1v) is 11.2. The molecule has 0 fully saturated rings. The van der Waals surface area contributed by atoms with Crippen molar-refractivity contribution in [2.45, 2.75) is 13.0 Å². The molecule has 0 saturated carbocycles. The monoisotopic (exact) mass is 450 g/mol. The number of imidazole rings is 1. The van der Waals surface area contributed by atoms with E-state index >= 15 is 0 Å². The quantitative estimate of drug-likeness (QED) is 0.314. The minimum atomic E-state index is 0.495. The van der Waals surface area contributed by atoms with E-state index in [1.165, 1.54) is 0 Å². The molecule has 3 N–H and O–H groups in total. The molecule has 2 aromatic carbocycles. The van der Waals surface area contributed by atoms with Crippen LogP contribution in [0.2, 0.25) is 0 Å². The van der Waals surface area contributed by atoms with Crippen molar-refractivity contribution in [3.05, 3.63) is 85.7 Å². The maximum absolute atomic E-state index is 5.82. The van der Waals surface area contributed by atoms with Crippen LogP contribution in [0.4, 0.5) is 11.5 Å². The van der Waals surface area contributed by atoms with Crippen LogP contribution < -0.4 is 15.8 Å². The fourth-order valence-electron chi connectivity index (χ4n) is 4.02. The Balaban J connectivity index is 1.53. The number of pyridine rings is 2. The molecule has 7 nitrogen and oxygen atoms in total. The predicted molar refractivity (Wildman–Crippen MR) is 137 cm³/mol. The van der Waals surface area contributed by atoms with Gasteiger partial charge in [-0.15, -0.1) is 0 Å². The van der Waals surface area contributed by atoms with E-state index in [9.17, 15) is 0 Å². The lowest BCUT2D eigenvalue weighted by atomic mass is 9.99. The summed E-state index contributed by atoms with van der Waals surface area (Å²) in [6.07, 6.45) is 10.3. The number of nitrogens with two attached hydrogens (primary N) is 1. The Morgan fingerprint density at radius 1 is 0.941 bits per heavy atom. The summed E-state index contributed by atoms with van der Waals surface area (Å²) < 4.78 is 7.39. The number of anilines is 2. The second-order valence-corrected chi connectivity index (χ2v) is 8.06. The number of hydrogen-bond acceptors (Lipinski definition) is 6. The molecule has 3 heterocycles. The Labute approximate surface area is 198 Å². The van der Waals surface area contributed by atoms with Crippen molar-refractivity contribution in [2.75, 3.05) is 24.7 Å². The van der Waals surface area contributed by atoms with E-state index in [2.05, 4.69) is 50.2 Å². The van der Waals surface area contributed by atoms with Gasteiger partial charge in [0.25, 0.3) is 0 Å². The highest BCUT2D eigenvalue weighted by atomic mass is 16.5. The number of nitrogen functional groups attached to an aromatic ring is 1. The molecule has 0 saturated heterocycles. The summed E-state index contributed by atoms with van der Waals surface area (Å²) in [4.78, 5) is 13.1. The molecule has 0 aliphatic heterocycles. The molecule has 3 aromatic heterocycles. The number of hydrogen-bond donors (Lipinski definition) is 2. The number of aromatic nitrogens is 4. The standard InChI is InChI=1S/C27H26N6O/c1-34-22-7-3-19(4-8-22)20-5-9-25-23(15-20)27(30-11-2-13-33-14-12-29-18-33)24(17-31-25)21-6-10-26(28)32-16-21/h3-10,12,14-18H,2,11,13H2,1H3,(H2,28,32)(H,30,31). The van der Waals surface area contributed by atoms with Crippen molar-refractivity contribution < 1.29 is 4.74 Å². The summed E-state index contributed by atoms with van der Waals surface area (Å²) in [6, 6.07) is 18.2. The normalized spacial score (nSPS) is 11.0.